The van der Waals surface area contributed by atoms with Gasteiger partial charge in [-0.1, -0.05) is 13.3 Å². The summed E-state index contributed by atoms with van der Waals surface area (Å²) in [7, 11) is 3.23. The molecular formula is C4H8Si. The van der Waals surface area contributed by atoms with E-state index in [2.05, 4.69) is 16.8 Å². The molecular weight excluding hydrogens is 76.1 g/mol. The summed E-state index contributed by atoms with van der Waals surface area (Å²) < 4.78 is 0. The summed E-state index contributed by atoms with van der Waals surface area (Å²) in [6.45, 7) is 2.15. The van der Waals surface area contributed by atoms with Crippen molar-refractivity contribution in [1.29, 1.82) is 0 Å². The second kappa shape index (κ2) is 4.09. The molecule has 0 aliphatic carbocycles. The lowest BCUT2D eigenvalue weighted by molar-refractivity contribution is 1.02. The second-order valence-corrected chi connectivity index (χ2v) is 1.40. The summed E-state index contributed by atoms with van der Waals surface area (Å²) in [5, 5.41) is 0. The molecule has 0 aromatic rings. The van der Waals surface area contributed by atoms with Crippen LogP contribution in [-0.4, -0.2) is 15.5 Å². The Morgan fingerprint density at radius 3 is 2.40 bits per heavy atom. The van der Waals surface area contributed by atoms with Gasteiger partial charge >= 0.3 is 0 Å². The van der Waals surface area contributed by atoms with Crippen LogP contribution < -0.4 is 0 Å². The first-order valence-electron chi connectivity index (χ1n) is 1.90. The number of unbranched alkanes of at least 4 members (excludes halogenated alkanes) is 1. The summed E-state index contributed by atoms with van der Waals surface area (Å²) in [4.78, 5) is 0. The number of hydrogen-bond donors (Lipinski definition) is 0. The van der Waals surface area contributed by atoms with E-state index in [9.17, 15) is 0 Å². The SMILES string of the molecule is CCCC=[Si]. The molecule has 0 aliphatic rings. The standard InChI is InChI=1S/C4H8Si/c1-2-3-4-5/h4H,2-3H2,1H3. The van der Waals surface area contributed by atoms with E-state index in [1.807, 2.05) is 5.67 Å². The van der Waals surface area contributed by atoms with Crippen LogP contribution in [0.5, 0.6) is 0 Å². The van der Waals surface area contributed by atoms with Crippen molar-refractivity contribution in [3.05, 3.63) is 0 Å². The Balaban J connectivity index is 2.40. The van der Waals surface area contributed by atoms with Crippen molar-refractivity contribution in [2.75, 3.05) is 0 Å². The van der Waals surface area contributed by atoms with Crippen molar-refractivity contribution in [2.45, 2.75) is 19.8 Å². The van der Waals surface area contributed by atoms with Crippen LogP contribution in [0.2, 0.25) is 0 Å². The van der Waals surface area contributed by atoms with Crippen LogP contribution in [0, 0.1) is 0 Å². The highest BCUT2D eigenvalue weighted by molar-refractivity contribution is 6.27. The van der Waals surface area contributed by atoms with Gasteiger partial charge in [-0.3, -0.25) is 0 Å². The summed E-state index contributed by atoms with van der Waals surface area (Å²) in [5.41, 5.74) is 1.99. The third kappa shape index (κ3) is 4.09. The van der Waals surface area contributed by atoms with Gasteiger partial charge in [0.25, 0.3) is 0 Å². The van der Waals surface area contributed by atoms with Crippen molar-refractivity contribution in [1.82, 2.24) is 0 Å². The van der Waals surface area contributed by atoms with E-state index in [0.717, 1.165) is 0 Å². The van der Waals surface area contributed by atoms with Crippen molar-refractivity contribution < 1.29 is 0 Å². The van der Waals surface area contributed by atoms with Gasteiger partial charge in [-0.25, -0.2) is 0 Å². The van der Waals surface area contributed by atoms with Gasteiger partial charge in [-0.2, -0.15) is 0 Å². The van der Waals surface area contributed by atoms with Gasteiger partial charge in [0.05, 0.1) is 0 Å². The maximum absolute atomic E-state index is 3.23. The predicted molar refractivity (Wildman–Crippen MR) is 26.7 cm³/mol. The van der Waals surface area contributed by atoms with Crippen LogP contribution >= 0.6 is 0 Å². The third-order valence-corrected chi connectivity index (χ3v) is 0.722. The molecule has 0 N–H and O–H groups in total. The normalized spacial score (nSPS) is 7.40. The summed E-state index contributed by atoms with van der Waals surface area (Å²) >= 11 is 0. The van der Waals surface area contributed by atoms with E-state index < -0.39 is 0 Å². The largest absolute Gasteiger partial charge is 0.103 e. The van der Waals surface area contributed by atoms with Crippen molar-refractivity contribution in [3.63, 3.8) is 0 Å². The molecule has 0 rings (SSSR count). The van der Waals surface area contributed by atoms with Crippen molar-refractivity contribution in [2.24, 2.45) is 0 Å². The zero-order valence-electron chi connectivity index (χ0n) is 3.49. The van der Waals surface area contributed by atoms with Crippen LogP contribution in [0.1, 0.15) is 19.8 Å². The van der Waals surface area contributed by atoms with Crippen LogP contribution in [0.3, 0.4) is 0 Å². The number of rotatable bonds is 2. The quantitative estimate of drug-likeness (QED) is 0.433. The molecule has 0 heterocycles. The average Bonchev–Trinajstić information content (AvgIpc) is 1.41. The molecule has 0 nitrogen and oxygen atoms in total. The molecule has 0 aliphatic heterocycles. The molecule has 0 saturated carbocycles. The highest BCUT2D eigenvalue weighted by atomic mass is 28.1. The van der Waals surface area contributed by atoms with Gasteiger partial charge in [0.15, 0.2) is 0 Å². The van der Waals surface area contributed by atoms with Gasteiger partial charge in [0.1, 0.15) is 0 Å². The minimum Gasteiger partial charge on any atom is -0.103 e. The van der Waals surface area contributed by atoms with Gasteiger partial charge in [-0.15, -0.1) is 5.67 Å². The van der Waals surface area contributed by atoms with Gasteiger partial charge in [-0.05, 0) is 6.42 Å². The molecule has 0 unspecified atom stereocenters. The molecule has 2 radical (unpaired) electrons. The Kier molecular flexibility index (Phi) is 4.16. The van der Waals surface area contributed by atoms with E-state index in [4.69, 9.17) is 0 Å². The minimum absolute atomic E-state index is 1.18. The fourth-order valence-electron chi connectivity index (χ4n) is 0.144. The van der Waals surface area contributed by atoms with E-state index >= 15 is 0 Å². The lowest BCUT2D eigenvalue weighted by atomic mass is 10.4. The molecule has 0 spiro atoms. The molecule has 0 aromatic carbocycles. The molecule has 28 valence electrons. The summed E-state index contributed by atoms with van der Waals surface area (Å²) in [6, 6.07) is 0. The number of hydrogen-bond acceptors (Lipinski definition) is 0. The Labute approximate surface area is 36.2 Å². The first kappa shape index (κ1) is 5.09. The topological polar surface area (TPSA) is 0 Å². The Bertz CT molecular complexity index is 24.8. The van der Waals surface area contributed by atoms with Crippen molar-refractivity contribution >= 4 is 15.5 Å². The third-order valence-electron chi connectivity index (χ3n) is 0.433. The summed E-state index contributed by atoms with van der Waals surface area (Å²) in [5.74, 6) is 0. The smallest absolute Gasteiger partial charge is 0.0248 e. The first-order valence-corrected chi connectivity index (χ1v) is 2.48. The zero-order chi connectivity index (χ0) is 4.12. The second-order valence-electron chi connectivity index (χ2n) is 0.993. The average molecular weight is 84.2 g/mol. The fourth-order valence-corrected chi connectivity index (χ4v) is 0.433. The highest BCUT2D eigenvalue weighted by Gasteiger charge is 1.61. The molecule has 0 atom stereocenters. The Morgan fingerprint density at radius 1 is 1.80 bits per heavy atom. The van der Waals surface area contributed by atoms with E-state index in [1.54, 1.807) is 0 Å². The molecule has 0 bridgehead atoms. The maximum Gasteiger partial charge on any atom is 0.0248 e. The van der Waals surface area contributed by atoms with Gasteiger partial charge in [0.2, 0.25) is 0 Å². The maximum atomic E-state index is 3.23. The zero-order valence-corrected chi connectivity index (χ0v) is 4.49. The molecule has 1 heteroatoms. The molecule has 0 saturated heterocycles. The highest BCUT2D eigenvalue weighted by Crippen LogP contribution is 1.74. The van der Waals surface area contributed by atoms with E-state index in [-0.39, 0.29) is 0 Å². The van der Waals surface area contributed by atoms with Crippen LogP contribution in [0.4, 0.5) is 0 Å². The monoisotopic (exact) mass is 84.0 g/mol. The van der Waals surface area contributed by atoms with E-state index in [0.29, 0.717) is 0 Å². The Morgan fingerprint density at radius 2 is 2.40 bits per heavy atom. The van der Waals surface area contributed by atoms with Crippen LogP contribution in [0.25, 0.3) is 0 Å². The minimum atomic E-state index is 1.18. The molecule has 0 fully saturated rings. The van der Waals surface area contributed by atoms with Gasteiger partial charge < -0.3 is 0 Å². The van der Waals surface area contributed by atoms with Crippen LogP contribution in [0.15, 0.2) is 0 Å². The van der Waals surface area contributed by atoms with Crippen LogP contribution in [-0.2, 0) is 0 Å². The lowest BCUT2D eigenvalue weighted by Gasteiger charge is -1.72. The first-order chi connectivity index (χ1) is 2.41. The lowest BCUT2D eigenvalue weighted by Crippen LogP contribution is -1.66. The van der Waals surface area contributed by atoms with Gasteiger partial charge in [0, 0.05) is 9.85 Å². The predicted octanol–water partition coefficient (Wildman–Crippen LogP) is 0.757. The van der Waals surface area contributed by atoms with Crippen molar-refractivity contribution in [3.8, 4) is 0 Å². The van der Waals surface area contributed by atoms with E-state index in [1.165, 1.54) is 12.8 Å². The molecule has 5 heavy (non-hydrogen) atoms. The molecule has 0 amide bonds. The fraction of sp³-hybridized carbons (Fsp3) is 0.750. The summed E-state index contributed by atoms with van der Waals surface area (Å²) in [6.07, 6.45) is 2.42. The Hall–Kier alpha value is 0.0869. The molecule has 0 aromatic heterocycles.